The van der Waals surface area contributed by atoms with E-state index >= 15 is 0 Å². The predicted octanol–water partition coefficient (Wildman–Crippen LogP) is 1.10. The van der Waals surface area contributed by atoms with Crippen LogP contribution in [0.4, 0.5) is 5.13 Å². The molecule has 1 aliphatic rings. The lowest BCUT2D eigenvalue weighted by Crippen LogP contribution is -2.35. The first-order valence-corrected chi connectivity index (χ1v) is 8.02. The standard InChI is InChI=1S/C15H18N4O2S/c1-9-2-4-10(5-3-9)6-13-18-19-15(22-13)17-14(21)12-7-11(20)8-16-12/h2-5,11-12,16,20H,6-8H2,1H3,(H,17,19,21). The third-order valence-electron chi connectivity index (χ3n) is 3.60. The molecule has 0 saturated carbocycles. The molecule has 2 heterocycles. The van der Waals surface area contributed by atoms with Crippen LogP contribution in [0.2, 0.25) is 0 Å². The molecule has 0 aliphatic carbocycles. The molecule has 2 atom stereocenters. The molecule has 1 fully saturated rings. The van der Waals surface area contributed by atoms with Crippen molar-refractivity contribution in [2.75, 3.05) is 11.9 Å². The normalized spacial score (nSPS) is 21.0. The Morgan fingerprint density at radius 1 is 1.41 bits per heavy atom. The second-order valence-electron chi connectivity index (χ2n) is 5.50. The summed E-state index contributed by atoms with van der Waals surface area (Å²) in [5, 5.41) is 24.6. The fourth-order valence-corrected chi connectivity index (χ4v) is 3.14. The highest BCUT2D eigenvalue weighted by Crippen LogP contribution is 2.19. The number of carbonyl (C=O) groups excluding carboxylic acids is 1. The third-order valence-corrected chi connectivity index (χ3v) is 4.44. The molecular formula is C15H18N4O2S. The predicted molar refractivity (Wildman–Crippen MR) is 84.9 cm³/mol. The molecule has 22 heavy (non-hydrogen) atoms. The minimum atomic E-state index is -0.456. The largest absolute Gasteiger partial charge is 0.392 e. The quantitative estimate of drug-likeness (QED) is 0.786. The second-order valence-corrected chi connectivity index (χ2v) is 6.57. The number of aromatic nitrogens is 2. The lowest BCUT2D eigenvalue weighted by Gasteiger charge is -2.07. The molecule has 1 saturated heterocycles. The summed E-state index contributed by atoms with van der Waals surface area (Å²) in [5.41, 5.74) is 2.39. The van der Waals surface area contributed by atoms with Gasteiger partial charge in [0.1, 0.15) is 5.01 Å². The van der Waals surface area contributed by atoms with Crippen LogP contribution in [-0.2, 0) is 11.2 Å². The first kappa shape index (κ1) is 15.1. The molecule has 3 rings (SSSR count). The number of amides is 1. The number of aliphatic hydroxyl groups is 1. The van der Waals surface area contributed by atoms with E-state index in [1.807, 2.05) is 0 Å². The van der Waals surface area contributed by atoms with Crippen LogP contribution in [0.1, 0.15) is 22.6 Å². The number of rotatable bonds is 4. The SMILES string of the molecule is Cc1ccc(Cc2nnc(NC(=O)C3CC(O)CN3)s2)cc1. The Balaban J connectivity index is 1.59. The Morgan fingerprint density at radius 2 is 2.18 bits per heavy atom. The van der Waals surface area contributed by atoms with Gasteiger partial charge in [-0.15, -0.1) is 10.2 Å². The van der Waals surface area contributed by atoms with Gasteiger partial charge in [-0.2, -0.15) is 0 Å². The number of nitrogens with one attached hydrogen (secondary N) is 2. The van der Waals surface area contributed by atoms with Gasteiger partial charge in [-0.05, 0) is 18.9 Å². The van der Waals surface area contributed by atoms with E-state index in [0.717, 1.165) is 5.01 Å². The molecule has 1 aliphatic heterocycles. The molecule has 1 aromatic heterocycles. The Morgan fingerprint density at radius 3 is 2.86 bits per heavy atom. The Hall–Kier alpha value is -1.83. The maximum atomic E-state index is 12.0. The molecule has 7 heteroatoms. The van der Waals surface area contributed by atoms with E-state index in [0.29, 0.717) is 24.5 Å². The first-order chi connectivity index (χ1) is 10.6. The molecule has 2 aromatic rings. The Bertz CT molecular complexity index is 656. The number of anilines is 1. The van der Waals surface area contributed by atoms with Crippen molar-refractivity contribution in [1.82, 2.24) is 15.5 Å². The van der Waals surface area contributed by atoms with Gasteiger partial charge in [0, 0.05) is 13.0 Å². The summed E-state index contributed by atoms with van der Waals surface area (Å²) in [6.45, 7) is 2.50. The fourth-order valence-electron chi connectivity index (χ4n) is 2.37. The van der Waals surface area contributed by atoms with Crippen LogP contribution in [0, 0.1) is 6.92 Å². The van der Waals surface area contributed by atoms with Gasteiger partial charge in [0.05, 0.1) is 12.1 Å². The van der Waals surface area contributed by atoms with Crippen molar-refractivity contribution in [3.05, 3.63) is 40.4 Å². The summed E-state index contributed by atoms with van der Waals surface area (Å²) in [4.78, 5) is 12.0. The van der Waals surface area contributed by atoms with E-state index in [2.05, 4.69) is 52.0 Å². The lowest BCUT2D eigenvalue weighted by molar-refractivity contribution is -0.117. The molecule has 1 aromatic carbocycles. The smallest absolute Gasteiger partial charge is 0.243 e. The summed E-state index contributed by atoms with van der Waals surface area (Å²) in [5.74, 6) is -0.172. The van der Waals surface area contributed by atoms with E-state index in [1.165, 1.54) is 22.5 Å². The number of nitrogens with zero attached hydrogens (tertiary/aromatic N) is 2. The number of aryl methyl sites for hydroxylation is 1. The van der Waals surface area contributed by atoms with Gasteiger partial charge >= 0.3 is 0 Å². The number of aliphatic hydroxyl groups excluding tert-OH is 1. The minimum absolute atomic E-state index is 0.172. The summed E-state index contributed by atoms with van der Waals surface area (Å²) in [6, 6.07) is 7.91. The summed E-state index contributed by atoms with van der Waals surface area (Å²) >= 11 is 1.38. The third kappa shape index (κ3) is 3.68. The molecule has 0 spiro atoms. The topological polar surface area (TPSA) is 87.1 Å². The van der Waals surface area contributed by atoms with Crippen LogP contribution in [0.5, 0.6) is 0 Å². The van der Waals surface area contributed by atoms with Crippen LogP contribution in [-0.4, -0.2) is 39.9 Å². The lowest BCUT2D eigenvalue weighted by atomic mass is 10.1. The van der Waals surface area contributed by atoms with E-state index in [9.17, 15) is 9.90 Å². The zero-order valence-corrected chi connectivity index (χ0v) is 13.1. The maximum absolute atomic E-state index is 12.0. The van der Waals surface area contributed by atoms with Gasteiger partial charge in [0.2, 0.25) is 11.0 Å². The molecule has 2 unspecified atom stereocenters. The highest BCUT2D eigenvalue weighted by atomic mass is 32.1. The molecule has 116 valence electrons. The van der Waals surface area contributed by atoms with Crippen LogP contribution in [0.3, 0.4) is 0 Å². The van der Waals surface area contributed by atoms with Crippen molar-refractivity contribution in [2.45, 2.75) is 31.9 Å². The van der Waals surface area contributed by atoms with Gasteiger partial charge in [-0.3, -0.25) is 10.1 Å². The molecule has 6 nitrogen and oxygen atoms in total. The Labute approximate surface area is 132 Å². The van der Waals surface area contributed by atoms with Gasteiger partial charge in [0.25, 0.3) is 0 Å². The van der Waals surface area contributed by atoms with Gasteiger partial charge in [0.15, 0.2) is 0 Å². The highest BCUT2D eigenvalue weighted by molar-refractivity contribution is 7.15. The first-order valence-electron chi connectivity index (χ1n) is 7.20. The molecule has 0 radical (unpaired) electrons. The van der Waals surface area contributed by atoms with Crippen molar-refractivity contribution in [1.29, 1.82) is 0 Å². The monoisotopic (exact) mass is 318 g/mol. The number of hydrogen-bond donors (Lipinski definition) is 3. The van der Waals surface area contributed by atoms with Crippen molar-refractivity contribution in [3.8, 4) is 0 Å². The number of carbonyl (C=O) groups is 1. The maximum Gasteiger partial charge on any atom is 0.243 e. The average molecular weight is 318 g/mol. The van der Waals surface area contributed by atoms with E-state index in [4.69, 9.17) is 0 Å². The van der Waals surface area contributed by atoms with Crippen molar-refractivity contribution in [2.24, 2.45) is 0 Å². The zero-order valence-electron chi connectivity index (χ0n) is 12.2. The summed E-state index contributed by atoms with van der Waals surface area (Å²) in [7, 11) is 0. The number of hydrogen-bond acceptors (Lipinski definition) is 6. The summed E-state index contributed by atoms with van der Waals surface area (Å²) in [6.07, 6.45) is 0.678. The van der Waals surface area contributed by atoms with Crippen LogP contribution in [0.15, 0.2) is 24.3 Å². The van der Waals surface area contributed by atoms with Crippen molar-refractivity contribution in [3.63, 3.8) is 0 Å². The van der Waals surface area contributed by atoms with Crippen LogP contribution >= 0.6 is 11.3 Å². The van der Waals surface area contributed by atoms with Crippen LogP contribution < -0.4 is 10.6 Å². The molecule has 0 bridgehead atoms. The average Bonchev–Trinajstić information content (AvgIpc) is 3.11. The van der Waals surface area contributed by atoms with E-state index in [-0.39, 0.29) is 11.9 Å². The van der Waals surface area contributed by atoms with Gasteiger partial charge in [-0.25, -0.2) is 0 Å². The highest BCUT2D eigenvalue weighted by Gasteiger charge is 2.28. The molecule has 1 amide bonds. The zero-order chi connectivity index (χ0) is 15.5. The van der Waals surface area contributed by atoms with E-state index < -0.39 is 6.10 Å². The van der Waals surface area contributed by atoms with Crippen molar-refractivity contribution < 1.29 is 9.90 Å². The number of benzene rings is 1. The van der Waals surface area contributed by atoms with Crippen molar-refractivity contribution >= 4 is 22.4 Å². The Kier molecular flexibility index (Phi) is 4.47. The fraction of sp³-hybridized carbons (Fsp3) is 0.400. The molecule has 3 N–H and O–H groups in total. The number of β-amino-alcohol motifs (C(OH)–C–C–N with tert-alkyl or cyclic N) is 1. The molecular weight excluding hydrogens is 300 g/mol. The minimum Gasteiger partial charge on any atom is -0.392 e. The van der Waals surface area contributed by atoms with Crippen LogP contribution in [0.25, 0.3) is 0 Å². The van der Waals surface area contributed by atoms with Gasteiger partial charge < -0.3 is 10.4 Å². The van der Waals surface area contributed by atoms with E-state index in [1.54, 1.807) is 0 Å². The summed E-state index contributed by atoms with van der Waals surface area (Å²) < 4.78 is 0. The second kappa shape index (κ2) is 6.51. The van der Waals surface area contributed by atoms with Gasteiger partial charge in [-0.1, -0.05) is 41.2 Å².